The zero-order valence-corrected chi connectivity index (χ0v) is 29.0. The number of furan rings is 1. The Morgan fingerprint density at radius 1 is 1.00 bits per heavy atom. The molecule has 0 unspecified atom stereocenters. The SMILES string of the molecule is CCCCC[C@@H](C(=O)NCNC(=O)c1ccc(-c2cc(OCC(=O)O)cc(P(=O)(OC)OC)c2)o1)[C@@H](CC)N(C=O)OCc1ccccc1. The Kier molecular flexibility index (Phi) is 15.5. The lowest BCUT2D eigenvalue weighted by molar-refractivity contribution is -0.200. The minimum Gasteiger partial charge on any atom is -0.482 e. The Morgan fingerprint density at radius 2 is 1.73 bits per heavy atom. The van der Waals surface area contributed by atoms with Crippen LogP contribution in [0.1, 0.15) is 62.1 Å². The van der Waals surface area contributed by atoms with E-state index in [0.29, 0.717) is 24.8 Å². The van der Waals surface area contributed by atoms with Crippen molar-refractivity contribution in [3.63, 3.8) is 0 Å². The number of unbranched alkanes of at least 4 members (excludes halogenated alkanes) is 2. The zero-order chi connectivity index (χ0) is 35.8. The van der Waals surface area contributed by atoms with Crippen LogP contribution in [0.4, 0.5) is 0 Å². The molecule has 0 saturated heterocycles. The van der Waals surface area contributed by atoms with Crippen LogP contribution < -0.4 is 20.7 Å². The lowest BCUT2D eigenvalue weighted by atomic mass is 9.90. The molecule has 3 aromatic rings. The van der Waals surface area contributed by atoms with Gasteiger partial charge in [-0.05, 0) is 48.7 Å². The topological polar surface area (TPSA) is 183 Å². The van der Waals surface area contributed by atoms with Gasteiger partial charge in [-0.1, -0.05) is 63.4 Å². The minimum atomic E-state index is -3.76. The van der Waals surface area contributed by atoms with Gasteiger partial charge in [-0.15, -0.1) is 0 Å². The molecule has 266 valence electrons. The van der Waals surface area contributed by atoms with Crippen LogP contribution in [0.2, 0.25) is 0 Å². The molecule has 3 amide bonds. The first kappa shape index (κ1) is 39.0. The van der Waals surface area contributed by atoms with E-state index in [4.69, 9.17) is 28.1 Å². The van der Waals surface area contributed by atoms with Crippen molar-refractivity contribution in [2.24, 2.45) is 5.92 Å². The van der Waals surface area contributed by atoms with Crippen molar-refractivity contribution >= 4 is 37.1 Å². The molecular formula is C34H44N3O11P. The van der Waals surface area contributed by atoms with Crippen LogP contribution >= 0.6 is 7.60 Å². The molecule has 0 fully saturated rings. The summed E-state index contributed by atoms with van der Waals surface area (Å²) in [6.45, 7) is 3.23. The fraction of sp³-hybridized carbons (Fsp3) is 0.412. The minimum absolute atomic E-state index is 0.0619. The standard InChI is InChI=1S/C34H44N3O11P/c1-5-7-9-14-28(29(6-2)37(23-38)47-20-24-12-10-8-11-13-24)33(41)35-22-36-34(42)31-16-15-30(48-31)25-17-26(46-21-32(39)40)19-27(18-25)49(43,44-3)45-4/h8,10-13,15-19,23,28-29H,5-7,9,14,20-22H2,1-4H3,(H,35,41)(H,36,42)(H,39,40)/t28-,29-/m1/s1. The molecule has 0 aliphatic carbocycles. The zero-order valence-electron chi connectivity index (χ0n) is 28.1. The van der Waals surface area contributed by atoms with Gasteiger partial charge in [0.05, 0.1) is 23.9 Å². The fourth-order valence-electron chi connectivity index (χ4n) is 5.12. The average molecular weight is 702 g/mol. The number of nitrogens with zero attached hydrogens (tertiary/aromatic N) is 1. The fourth-order valence-corrected chi connectivity index (χ4v) is 6.28. The van der Waals surface area contributed by atoms with Crippen molar-refractivity contribution in [3.05, 3.63) is 72.0 Å². The van der Waals surface area contributed by atoms with Crippen LogP contribution in [0.3, 0.4) is 0 Å². The van der Waals surface area contributed by atoms with Gasteiger partial charge >= 0.3 is 13.6 Å². The lowest BCUT2D eigenvalue weighted by Gasteiger charge is -2.32. The summed E-state index contributed by atoms with van der Waals surface area (Å²) in [5.41, 5.74) is 1.19. The van der Waals surface area contributed by atoms with Crippen LogP contribution in [-0.4, -0.2) is 67.9 Å². The van der Waals surface area contributed by atoms with Gasteiger partial charge in [-0.25, -0.2) is 9.86 Å². The number of amides is 3. The summed E-state index contributed by atoms with van der Waals surface area (Å²) in [4.78, 5) is 55.4. The highest BCUT2D eigenvalue weighted by Gasteiger charge is 2.32. The smallest absolute Gasteiger partial charge is 0.360 e. The molecule has 14 nitrogen and oxygen atoms in total. The number of carboxylic acid groups (broad SMARTS) is 1. The first-order chi connectivity index (χ1) is 23.6. The molecule has 0 spiro atoms. The van der Waals surface area contributed by atoms with E-state index >= 15 is 0 Å². The lowest BCUT2D eigenvalue weighted by Crippen LogP contribution is -2.48. The Bertz CT molecular complexity index is 1570. The molecule has 2 aromatic carbocycles. The number of aliphatic carboxylic acids is 1. The molecule has 1 heterocycles. The predicted octanol–water partition coefficient (Wildman–Crippen LogP) is 4.89. The Morgan fingerprint density at radius 3 is 2.37 bits per heavy atom. The number of hydrogen-bond donors (Lipinski definition) is 3. The highest BCUT2D eigenvalue weighted by atomic mass is 31.2. The van der Waals surface area contributed by atoms with E-state index in [2.05, 4.69) is 17.6 Å². The third-order valence-corrected chi connectivity index (χ3v) is 9.52. The molecule has 2 atom stereocenters. The van der Waals surface area contributed by atoms with Crippen LogP contribution in [-0.2, 0) is 39.4 Å². The Labute approximate surface area is 285 Å². The highest BCUT2D eigenvalue weighted by Crippen LogP contribution is 2.46. The first-order valence-corrected chi connectivity index (χ1v) is 17.4. The summed E-state index contributed by atoms with van der Waals surface area (Å²) in [7, 11) is -1.35. The van der Waals surface area contributed by atoms with E-state index in [-0.39, 0.29) is 41.8 Å². The molecule has 0 bridgehead atoms. The van der Waals surface area contributed by atoms with Crippen LogP contribution in [0, 0.1) is 5.92 Å². The van der Waals surface area contributed by atoms with Crippen LogP contribution in [0.25, 0.3) is 11.3 Å². The van der Waals surface area contributed by atoms with Crippen molar-refractivity contribution in [1.29, 1.82) is 0 Å². The summed E-state index contributed by atoms with van der Waals surface area (Å²) in [5, 5.41) is 15.7. The van der Waals surface area contributed by atoms with Gasteiger partial charge in [0.1, 0.15) is 18.1 Å². The Hall–Kier alpha value is -4.49. The molecule has 0 saturated carbocycles. The third-order valence-electron chi connectivity index (χ3n) is 7.67. The van der Waals surface area contributed by atoms with Gasteiger partial charge in [0.15, 0.2) is 12.4 Å². The maximum Gasteiger partial charge on any atom is 0.360 e. The molecule has 1 aromatic heterocycles. The number of hydrogen-bond acceptors (Lipinski definition) is 10. The largest absolute Gasteiger partial charge is 0.482 e. The highest BCUT2D eigenvalue weighted by molar-refractivity contribution is 7.62. The molecular weight excluding hydrogens is 657 g/mol. The summed E-state index contributed by atoms with van der Waals surface area (Å²) >= 11 is 0. The number of carbonyl (C=O) groups excluding carboxylic acids is 3. The quantitative estimate of drug-likeness (QED) is 0.0426. The monoisotopic (exact) mass is 701 g/mol. The first-order valence-electron chi connectivity index (χ1n) is 15.9. The van der Waals surface area contributed by atoms with Crippen LogP contribution in [0.5, 0.6) is 5.75 Å². The second kappa shape index (κ2) is 19.5. The van der Waals surface area contributed by atoms with Gasteiger partial charge in [0, 0.05) is 19.8 Å². The maximum absolute atomic E-state index is 13.5. The molecule has 3 N–H and O–H groups in total. The normalized spacial score (nSPS) is 12.5. The number of carboxylic acids is 1. The van der Waals surface area contributed by atoms with E-state index in [0.717, 1.165) is 24.8 Å². The van der Waals surface area contributed by atoms with Crippen molar-refractivity contribution in [3.8, 4) is 17.1 Å². The second-order valence-corrected chi connectivity index (χ2v) is 13.2. The van der Waals surface area contributed by atoms with Crippen molar-refractivity contribution < 1.29 is 51.9 Å². The number of carbonyl (C=O) groups is 4. The third kappa shape index (κ3) is 11.3. The summed E-state index contributed by atoms with van der Waals surface area (Å²) < 4.78 is 34.3. The van der Waals surface area contributed by atoms with Gasteiger partial charge in [0.2, 0.25) is 12.3 Å². The molecule has 0 radical (unpaired) electrons. The number of hydroxylamine groups is 2. The molecule has 15 heteroatoms. The second-order valence-electron chi connectivity index (χ2n) is 11.0. The van der Waals surface area contributed by atoms with E-state index in [1.165, 1.54) is 49.6 Å². The Balaban J connectivity index is 1.71. The maximum atomic E-state index is 13.5. The van der Waals surface area contributed by atoms with E-state index in [9.17, 15) is 23.7 Å². The summed E-state index contributed by atoms with van der Waals surface area (Å²) in [6, 6.07) is 16.0. The van der Waals surface area contributed by atoms with Crippen molar-refractivity contribution in [1.82, 2.24) is 15.7 Å². The van der Waals surface area contributed by atoms with Crippen molar-refractivity contribution in [2.45, 2.75) is 58.6 Å². The van der Waals surface area contributed by atoms with E-state index < -0.39 is 38.0 Å². The average Bonchev–Trinajstić information content (AvgIpc) is 3.62. The van der Waals surface area contributed by atoms with Gasteiger partial charge in [-0.3, -0.25) is 23.8 Å². The predicted molar refractivity (Wildman–Crippen MR) is 180 cm³/mol. The molecule has 49 heavy (non-hydrogen) atoms. The molecule has 3 rings (SSSR count). The number of rotatable bonds is 22. The summed E-state index contributed by atoms with van der Waals surface area (Å²) in [5.74, 6) is -2.62. The van der Waals surface area contributed by atoms with Gasteiger partial charge in [-0.2, -0.15) is 0 Å². The van der Waals surface area contributed by atoms with Gasteiger partial charge < -0.3 is 33.9 Å². The number of ether oxygens (including phenoxy) is 1. The van der Waals surface area contributed by atoms with Crippen molar-refractivity contribution in [2.75, 3.05) is 27.5 Å². The van der Waals surface area contributed by atoms with Gasteiger partial charge in [0.25, 0.3) is 5.91 Å². The summed E-state index contributed by atoms with van der Waals surface area (Å²) in [6.07, 6.45) is 4.21. The van der Waals surface area contributed by atoms with E-state index in [1.54, 1.807) is 0 Å². The van der Waals surface area contributed by atoms with Crippen LogP contribution in [0.15, 0.2) is 65.1 Å². The number of benzene rings is 2. The molecule has 0 aliphatic heterocycles. The van der Waals surface area contributed by atoms with E-state index in [1.807, 2.05) is 37.3 Å². The number of nitrogens with one attached hydrogen (secondary N) is 2. The molecule has 0 aliphatic rings.